The van der Waals surface area contributed by atoms with Gasteiger partial charge in [0, 0.05) is 6.42 Å². The van der Waals surface area contributed by atoms with Gasteiger partial charge in [-0.1, -0.05) is 0 Å². The number of ether oxygens (including phenoxy) is 1. The molecule has 3 nitrogen and oxygen atoms in total. The van der Waals surface area contributed by atoms with Crippen LogP contribution in [0, 0.1) is 5.41 Å². The summed E-state index contributed by atoms with van der Waals surface area (Å²) in [5, 5.41) is 9.07. The maximum atomic E-state index is 15.1. The monoisotopic (exact) mass is 562 g/mol. The largest absolute Gasteiger partial charge is 0.495 e. The molecule has 0 heterocycles. The van der Waals surface area contributed by atoms with Crippen LogP contribution in [-0.2, 0) is 9.53 Å². The van der Waals surface area contributed by atoms with Crippen molar-refractivity contribution >= 4 is 5.97 Å². The lowest BCUT2D eigenvalue weighted by atomic mass is 9.35. The van der Waals surface area contributed by atoms with Crippen molar-refractivity contribution in [3.05, 3.63) is 11.8 Å². The lowest BCUT2D eigenvalue weighted by molar-refractivity contribution is -0.612. The summed E-state index contributed by atoms with van der Waals surface area (Å²) < 4.78 is 227. The van der Waals surface area contributed by atoms with Gasteiger partial charge < -0.3 is 9.84 Å². The van der Waals surface area contributed by atoms with Crippen molar-refractivity contribution in [2.45, 2.75) is 85.3 Å². The number of rotatable bonds is 4. The van der Waals surface area contributed by atoms with Gasteiger partial charge >= 0.3 is 58.5 Å². The van der Waals surface area contributed by atoms with Crippen LogP contribution in [0.4, 0.5) is 65.9 Å². The Morgan fingerprint density at radius 2 is 0.917 bits per heavy atom. The number of carboxylic acid groups (broad SMARTS) is 1. The summed E-state index contributed by atoms with van der Waals surface area (Å²) in [6.07, 6.45) is -3.84. The summed E-state index contributed by atoms with van der Waals surface area (Å²) in [6, 6.07) is 0. The Labute approximate surface area is 190 Å². The minimum atomic E-state index is -7.91. The van der Waals surface area contributed by atoms with Crippen molar-refractivity contribution in [2.75, 3.05) is 0 Å². The molecule has 36 heavy (non-hydrogen) atoms. The van der Waals surface area contributed by atoms with Crippen LogP contribution >= 0.6 is 0 Å². The highest BCUT2D eigenvalue weighted by Gasteiger charge is 3.22. The smallest absolute Gasteiger partial charge is 0.339 e. The van der Waals surface area contributed by atoms with E-state index in [0.717, 1.165) is 20.8 Å². The first-order valence-electron chi connectivity index (χ1n) is 9.45. The Hall–Kier alpha value is -2.04. The molecule has 4 aliphatic carbocycles. The zero-order valence-corrected chi connectivity index (χ0v) is 17.7. The van der Waals surface area contributed by atoms with E-state index in [1.54, 1.807) is 0 Å². The second-order valence-electron chi connectivity index (χ2n) is 9.68. The first-order valence-corrected chi connectivity index (χ1v) is 9.45. The Morgan fingerprint density at radius 3 is 1.14 bits per heavy atom. The second-order valence-corrected chi connectivity index (χ2v) is 9.68. The maximum Gasteiger partial charge on any atom is 0.339 e. The van der Waals surface area contributed by atoms with Crippen LogP contribution in [0.25, 0.3) is 0 Å². The minimum Gasteiger partial charge on any atom is -0.495 e. The van der Waals surface area contributed by atoms with Crippen LogP contribution in [0.15, 0.2) is 11.8 Å². The van der Waals surface area contributed by atoms with Crippen molar-refractivity contribution in [2.24, 2.45) is 5.41 Å². The Morgan fingerprint density at radius 1 is 0.639 bits per heavy atom. The van der Waals surface area contributed by atoms with Crippen LogP contribution in [0.3, 0.4) is 0 Å². The molecule has 4 rings (SSSR count). The van der Waals surface area contributed by atoms with Gasteiger partial charge in [0.1, 0.15) is 0 Å². The number of carboxylic acids is 1. The van der Waals surface area contributed by atoms with Crippen molar-refractivity contribution in [1.29, 1.82) is 0 Å². The molecule has 0 saturated heterocycles. The van der Waals surface area contributed by atoms with Gasteiger partial charge in [0.15, 0.2) is 5.41 Å². The highest BCUT2D eigenvalue weighted by molar-refractivity contribution is 5.86. The molecular formula is C18H13F15O3. The first kappa shape index (κ1) is 28.5. The molecule has 1 N–H and O–H groups in total. The molecule has 0 aromatic rings. The Kier molecular flexibility index (Phi) is 5.01. The third-order valence-corrected chi connectivity index (χ3v) is 6.79. The van der Waals surface area contributed by atoms with E-state index in [9.17, 15) is 31.1 Å². The van der Waals surface area contributed by atoms with Crippen LogP contribution < -0.4 is 0 Å². The quantitative estimate of drug-likeness (QED) is 0.255. The van der Waals surface area contributed by atoms with Gasteiger partial charge in [-0.05, 0) is 20.8 Å². The summed E-state index contributed by atoms with van der Waals surface area (Å²) in [5.74, 6) is -49.5. The van der Waals surface area contributed by atoms with Gasteiger partial charge in [0.05, 0.1) is 17.4 Å². The van der Waals surface area contributed by atoms with Gasteiger partial charge in [0.25, 0.3) is 0 Å². The number of aliphatic carboxylic acids is 1. The van der Waals surface area contributed by atoms with E-state index in [4.69, 9.17) is 5.11 Å². The molecule has 4 saturated carbocycles. The van der Waals surface area contributed by atoms with Crippen molar-refractivity contribution in [3.8, 4) is 0 Å². The van der Waals surface area contributed by atoms with E-state index < -0.39 is 81.5 Å². The van der Waals surface area contributed by atoms with E-state index in [-0.39, 0.29) is 6.26 Å². The van der Waals surface area contributed by atoms with E-state index >= 15 is 39.5 Å². The molecule has 4 aliphatic rings. The standard InChI is InChI=1S/C18H13F15O3/c1-8(2,3)36-5-6(7(34)35)4-9-13(22,23)10(19)16(28,29)11(20,14(9,24)25)18(32,33)12(21,15(9,26)27)17(10,30)31/h5H,4H2,1-3H3,(H,34,35). The fraction of sp³-hybridized carbons (Fsp3) is 0.833. The van der Waals surface area contributed by atoms with Crippen LogP contribution in [0.2, 0.25) is 0 Å². The molecule has 0 spiro atoms. The van der Waals surface area contributed by atoms with E-state index in [1.165, 1.54) is 0 Å². The van der Waals surface area contributed by atoms with Crippen LogP contribution in [-0.4, -0.2) is 69.2 Å². The predicted molar refractivity (Wildman–Crippen MR) is 84.8 cm³/mol. The normalized spacial score (nSPS) is 42.8. The summed E-state index contributed by atoms with van der Waals surface area (Å²) >= 11 is 0. The van der Waals surface area contributed by atoms with Crippen molar-refractivity contribution < 1.29 is 80.5 Å². The molecule has 0 unspecified atom stereocenters. The topological polar surface area (TPSA) is 46.5 Å². The van der Waals surface area contributed by atoms with Gasteiger partial charge in [0.2, 0.25) is 0 Å². The number of halogens is 15. The molecule has 0 aromatic heterocycles. The maximum absolute atomic E-state index is 15.1. The van der Waals surface area contributed by atoms with E-state index in [2.05, 4.69) is 4.74 Å². The average Bonchev–Trinajstić information content (AvgIpc) is 2.66. The molecule has 208 valence electrons. The highest BCUT2D eigenvalue weighted by Crippen LogP contribution is 2.91. The average molecular weight is 562 g/mol. The number of hydrogen-bond donors (Lipinski definition) is 1. The molecule has 4 fully saturated rings. The number of alkyl halides is 15. The lowest BCUT2D eigenvalue weighted by Gasteiger charge is -2.75. The minimum absolute atomic E-state index is 0.363. The van der Waals surface area contributed by atoms with Gasteiger partial charge in [-0.3, -0.25) is 0 Å². The van der Waals surface area contributed by atoms with Gasteiger partial charge in [-0.2, -0.15) is 26.3 Å². The summed E-state index contributed by atoms with van der Waals surface area (Å²) in [4.78, 5) is 11.4. The second kappa shape index (κ2) is 6.32. The summed E-state index contributed by atoms with van der Waals surface area (Å²) in [5.41, 5.74) is -34.0. The third kappa shape index (κ3) is 2.09. The molecule has 0 aliphatic heterocycles. The van der Waals surface area contributed by atoms with E-state index in [0.29, 0.717) is 0 Å². The molecule has 18 heteroatoms. The molecular weight excluding hydrogens is 549 g/mol. The van der Waals surface area contributed by atoms with Crippen LogP contribution in [0.1, 0.15) is 27.2 Å². The number of carbonyl (C=O) groups is 1. The zero-order valence-electron chi connectivity index (χ0n) is 17.7. The Bertz CT molecular complexity index is 928. The fourth-order valence-corrected chi connectivity index (χ4v) is 4.99. The zero-order chi connectivity index (χ0) is 28.8. The van der Waals surface area contributed by atoms with Gasteiger partial charge in [-0.15, -0.1) is 0 Å². The predicted octanol–water partition coefficient (Wildman–Crippen LogP) is 6.12. The first-order chi connectivity index (χ1) is 15.5. The molecule has 0 radical (unpaired) electrons. The highest BCUT2D eigenvalue weighted by atomic mass is 19.3. The fourth-order valence-electron chi connectivity index (χ4n) is 4.99. The lowest BCUT2D eigenvalue weighted by Crippen LogP contribution is -3.07. The van der Waals surface area contributed by atoms with Gasteiger partial charge in [-0.25, -0.2) is 44.3 Å². The molecule has 0 atom stereocenters. The summed E-state index contributed by atoms with van der Waals surface area (Å²) in [6.45, 7) is 3.16. The molecule has 0 aromatic carbocycles. The van der Waals surface area contributed by atoms with Crippen molar-refractivity contribution in [1.82, 2.24) is 0 Å². The Balaban J connectivity index is 2.58. The SMILES string of the molecule is CC(C)(C)OC=C(CC12C(F)(F)C3(F)C(F)(F)C(F)(C(F)(F)C(F)(C3(F)F)C1(F)F)C2(F)F)C(=O)O. The van der Waals surface area contributed by atoms with Crippen LogP contribution in [0.5, 0.6) is 0 Å². The third-order valence-electron chi connectivity index (χ3n) is 6.79. The molecule has 0 amide bonds. The summed E-state index contributed by atoms with van der Waals surface area (Å²) in [7, 11) is 0. The van der Waals surface area contributed by atoms with Crippen molar-refractivity contribution in [3.63, 3.8) is 0 Å². The van der Waals surface area contributed by atoms with E-state index in [1.807, 2.05) is 0 Å². The molecule has 4 bridgehead atoms. The number of hydrogen-bond acceptors (Lipinski definition) is 2.